The molecule has 2 heterocycles. The summed E-state index contributed by atoms with van der Waals surface area (Å²) in [5.41, 5.74) is 1.05. The van der Waals surface area contributed by atoms with Crippen LogP contribution < -0.4 is 10.2 Å². The first-order valence-corrected chi connectivity index (χ1v) is 5.90. The van der Waals surface area contributed by atoms with Crippen LogP contribution in [-0.4, -0.2) is 37.2 Å². The van der Waals surface area contributed by atoms with Gasteiger partial charge in [0, 0.05) is 38.3 Å². The van der Waals surface area contributed by atoms with Crippen LogP contribution in [-0.2, 0) is 0 Å². The topological polar surface area (TPSA) is 41.1 Å². The fraction of sp³-hybridized carbons (Fsp3) is 0.667. The van der Waals surface area contributed by atoms with E-state index in [1.54, 1.807) is 0 Å². The first-order valence-electron chi connectivity index (χ1n) is 5.90. The second-order valence-corrected chi connectivity index (χ2v) is 4.66. The number of anilines is 1. The van der Waals surface area contributed by atoms with Gasteiger partial charge < -0.3 is 10.2 Å². The Kier molecular flexibility index (Phi) is 3.39. The first-order chi connectivity index (χ1) is 7.66. The van der Waals surface area contributed by atoms with E-state index in [1.807, 2.05) is 32.0 Å². The van der Waals surface area contributed by atoms with Crippen LogP contribution in [0.4, 0.5) is 5.82 Å². The highest BCUT2D eigenvalue weighted by Crippen LogP contribution is 2.22. The van der Waals surface area contributed by atoms with E-state index in [2.05, 4.69) is 15.3 Å². The highest BCUT2D eigenvalue weighted by molar-refractivity contribution is 5.38. The number of nitrogens with one attached hydrogen (secondary N) is 1. The summed E-state index contributed by atoms with van der Waals surface area (Å²) in [6.07, 6.45) is 2.42. The van der Waals surface area contributed by atoms with E-state index in [9.17, 15) is 0 Å². The van der Waals surface area contributed by atoms with Crippen molar-refractivity contribution < 1.29 is 0 Å². The molecule has 1 aliphatic rings. The van der Waals surface area contributed by atoms with Crippen molar-refractivity contribution in [2.24, 2.45) is 0 Å². The number of nitrogens with zero attached hydrogens (tertiary/aromatic N) is 3. The standard InChI is InChI=1S/C12H20N4/c1-9-7-11(16(2)3)15-12(14-9)10-5-4-6-13-8-10/h7,10,13H,4-6,8H2,1-3H3. The Morgan fingerprint density at radius 2 is 2.19 bits per heavy atom. The molecule has 1 atom stereocenters. The number of hydrogen-bond donors (Lipinski definition) is 1. The molecule has 0 aliphatic carbocycles. The Bertz CT molecular complexity index is 356. The smallest absolute Gasteiger partial charge is 0.135 e. The molecule has 1 N–H and O–H groups in total. The Morgan fingerprint density at radius 1 is 1.38 bits per heavy atom. The van der Waals surface area contributed by atoms with Gasteiger partial charge in [0.15, 0.2) is 0 Å². The summed E-state index contributed by atoms with van der Waals surface area (Å²) in [5.74, 6) is 2.48. The summed E-state index contributed by atoms with van der Waals surface area (Å²) in [6.45, 7) is 4.17. The van der Waals surface area contributed by atoms with E-state index >= 15 is 0 Å². The average molecular weight is 220 g/mol. The third-order valence-corrected chi connectivity index (χ3v) is 2.98. The van der Waals surface area contributed by atoms with Gasteiger partial charge in [0.25, 0.3) is 0 Å². The number of aromatic nitrogens is 2. The van der Waals surface area contributed by atoms with Crippen molar-refractivity contribution in [3.8, 4) is 0 Å². The molecule has 0 radical (unpaired) electrons. The van der Waals surface area contributed by atoms with Crippen LogP contribution in [0, 0.1) is 6.92 Å². The van der Waals surface area contributed by atoms with Crippen molar-refractivity contribution in [1.82, 2.24) is 15.3 Å². The number of aryl methyl sites for hydroxylation is 1. The zero-order valence-electron chi connectivity index (χ0n) is 10.3. The van der Waals surface area contributed by atoms with Gasteiger partial charge in [-0.25, -0.2) is 9.97 Å². The molecule has 88 valence electrons. The van der Waals surface area contributed by atoms with Gasteiger partial charge in [0.2, 0.25) is 0 Å². The average Bonchev–Trinajstić information content (AvgIpc) is 2.29. The molecule has 0 saturated carbocycles. The minimum Gasteiger partial charge on any atom is -0.363 e. The van der Waals surface area contributed by atoms with Crippen molar-refractivity contribution in [2.45, 2.75) is 25.7 Å². The van der Waals surface area contributed by atoms with Crippen LogP contribution in [0.1, 0.15) is 30.3 Å². The summed E-state index contributed by atoms with van der Waals surface area (Å²) >= 11 is 0. The monoisotopic (exact) mass is 220 g/mol. The molecular weight excluding hydrogens is 200 g/mol. The zero-order valence-corrected chi connectivity index (χ0v) is 10.3. The third kappa shape index (κ3) is 2.50. The summed E-state index contributed by atoms with van der Waals surface area (Å²) in [5, 5.41) is 3.41. The first kappa shape index (κ1) is 11.3. The maximum absolute atomic E-state index is 4.63. The minimum atomic E-state index is 0.479. The van der Waals surface area contributed by atoms with Crippen LogP contribution in [0.5, 0.6) is 0 Å². The van der Waals surface area contributed by atoms with E-state index in [0.717, 1.165) is 30.4 Å². The van der Waals surface area contributed by atoms with Gasteiger partial charge in [-0.2, -0.15) is 0 Å². The highest BCUT2D eigenvalue weighted by atomic mass is 15.2. The molecule has 0 bridgehead atoms. The van der Waals surface area contributed by atoms with E-state index in [4.69, 9.17) is 0 Å². The predicted molar refractivity (Wildman–Crippen MR) is 65.9 cm³/mol. The van der Waals surface area contributed by atoms with Crippen LogP contribution in [0.2, 0.25) is 0 Å². The Hall–Kier alpha value is -1.16. The Labute approximate surface area is 97.1 Å². The van der Waals surface area contributed by atoms with Gasteiger partial charge in [-0.05, 0) is 26.3 Å². The SMILES string of the molecule is Cc1cc(N(C)C)nc(C2CCCNC2)n1. The van der Waals surface area contributed by atoms with E-state index < -0.39 is 0 Å². The van der Waals surface area contributed by atoms with Crippen LogP contribution in [0.25, 0.3) is 0 Å². The maximum atomic E-state index is 4.63. The van der Waals surface area contributed by atoms with Crippen molar-refractivity contribution in [1.29, 1.82) is 0 Å². The molecule has 1 fully saturated rings. The third-order valence-electron chi connectivity index (χ3n) is 2.98. The molecule has 0 amide bonds. The lowest BCUT2D eigenvalue weighted by Crippen LogP contribution is -2.29. The molecule has 2 rings (SSSR count). The van der Waals surface area contributed by atoms with E-state index in [0.29, 0.717) is 5.92 Å². The fourth-order valence-electron chi connectivity index (χ4n) is 2.06. The van der Waals surface area contributed by atoms with Crippen LogP contribution >= 0.6 is 0 Å². The molecule has 1 aromatic heterocycles. The van der Waals surface area contributed by atoms with Gasteiger partial charge in [0.05, 0.1) is 0 Å². The van der Waals surface area contributed by atoms with Gasteiger partial charge in [-0.1, -0.05) is 0 Å². The molecule has 4 heteroatoms. The summed E-state index contributed by atoms with van der Waals surface area (Å²) in [4.78, 5) is 11.2. The molecule has 0 spiro atoms. The molecule has 16 heavy (non-hydrogen) atoms. The Balaban J connectivity index is 2.25. The largest absolute Gasteiger partial charge is 0.363 e. The van der Waals surface area contributed by atoms with Crippen LogP contribution in [0.3, 0.4) is 0 Å². The normalized spacial score (nSPS) is 20.8. The van der Waals surface area contributed by atoms with Crippen molar-refractivity contribution >= 4 is 5.82 Å². The van der Waals surface area contributed by atoms with Crippen LogP contribution in [0.15, 0.2) is 6.07 Å². The molecule has 1 unspecified atom stereocenters. The summed E-state index contributed by atoms with van der Waals surface area (Å²) in [6, 6.07) is 2.03. The lowest BCUT2D eigenvalue weighted by Gasteiger charge is -2.23. The lowest BCUT2D eigenvalue weighted by molar-refractivity contribution is 0.446. The molecule has 0 aromatic carbocycles. The lowest BCUT2D eigenvalue weighted by atomic mass is 9.99. The number of piperidine rings is 1. The van der Waals surface area contributed by atoms with Crippen molar-refractivity contribution in [2.75, 3.05) is 32.1 Å². The number of rotatable bonds is 2. The summed E-state index contributed by atoms with van der Waals surface area (Å²) in [7, 11) is 4.04. The Morgan fingerprint density at radius 3 is 2.81 bits per heavy atom. The molecule has 1 aromatic rings. The maximum Gasteiger partial charge on any atom is 0.135 e. The molecule has 1 aliphatic heterocycles. The minimum absolute atomic E-state index is 0.479. The van der Waals surface area contributed by atoms with Gasteiger partial charge >= 0.3 is 0 Å². The van der Waals surface area contributed by atoms with Gasteiger partial charge in [-0.3, -0.25) is 0 Å². The molecule has 4 nitrogen and oxygen atoms in total. The van der Waals surface area contributed by atoms with Gasteiger partial charge in [0.1, 0.15) is 11.6 Å². The van der Waals surface area contributed by atoms with E-state index in [-0.39, 0.29) is 0 Å². The van der Waals surface area contributed by atoms with E-state index in [1.165, 1.54) is 12.8 Å². The number of hydrogen-bond acceptors (Lipinski definition) is 4. The summed E-state index contributed by atoms with van der Waals surface area (Å²) < 4.78 is 0. The fourth-order valence-corrected chi connectivity index (χ4v) is 2.06. The quantitative estimate of drug-likeness (QED) is 0.816. The molecular formula is C12H20N4. The zero-order chi connectivity index (χ0) is 11.5. The van der Waals surface area contributed by atoms with Crippen molar-refractivity contribution in [3.05, 3.63) is 17.6 Å². The van der Waals surface area contributed by atoms with Gasteiger partial charge in [-0.15, -0.1) is 0 Å². The highest BCUT2D eigenvalue weighted by Gasteiger charge is 2.18. The van der Waals surface area contributed by atoms with Crippen molar-refractivity contribution in [3.63, 3.8) is 0 Å². The second-order valence-electron chi connectivity index (χ2n) is 4.66. The molecule has 1 saturated heterocycles. The second kappa shape index (κ2) is 4.78. The predicted octanol–water partition coefficient (Wildman–Crippen LogP) is 1.32.